The van der Waals surface area contributed by atoms with Gasteiger partial charge in [-0.2, -0.15) is 0 Å². The van der Waals surface area contributed by atoms with Crippen LogP contribution < -0.4 is 0 Å². The van der Waals surface area contributed by atoms with Gasteiger partial charge in [0.05, 0.1) is 0 Å². The molecule has 0 atom stereocenters. The first kappa shape index (κ1) is 10.6. The summed E-state index contributed by atoms with van der Waals surface area (Å²) in [6.07, 6.45) is 7.45. The molecule has 11 heavy (non-hydrogen) atoms. The predicted octanol–water partition coefficient (Wildman–Crippen LogP) is 3.00. The van der Waals surface area contributed by atoms with Crippen molar-refractivity contribution in [3.05, 3.63) is 30.1 Å². The maximum absolute atomic E-state index is 4.04. The van der Waals surface area contributed by atoms with E-state index < -0.39 is 0 Å². The van der Waals surface area contributed by atoms with E-state index in [9.17, 15) is 0 Å². The molecule has 1 aromatic heterocycles. The van der Waals surface area contributed by atoms with Crippen molar-refractivity contribution in [2.45, 2.75) is 26.2 Å². The first-order valence-electron chi connectivity index (χ1n) is 3.82. The van der Waals surface area contributed by atoms with Crippen molar-refractivity contribution in [2.24, 2.45) is 0 Å². The summed E-state index contributed by atoms with van der Waals surface area (Å²) in [6.45, 7) is 2.20. The van der Waals surface area contributed by atoms with Gasteiger partial charge in [0.25, 0.3) is 0 Å². The van der Waals surface area contributed by atoms with Crippen LogP contribution in [0.5, 0.6) is 0 Å². The van der Waals surface area contributed by atoms with E-state index in [1.807, 2.05) is 18.5 Å². The van der Waals surface area contributed by atoms with Crippen LogP contribution in [-0.2, 0) is 6.42 Å². The van der Waals surface area contributed by atoms with E-state index in [4.69, 9.17) is 0 Å². The summed E-state index contributed by atoms with van der Waals surface area (Å²) in [6, 6.07) is 4.12. The number of pyridine rings is 1. The molecule has 0 N–H and O–H groups in total. The molecule has 0 saturated carbocycles. The lowest BCUT2D eigenvalue weighted by molar-refractivity contribution is 0.792. The summed E-state index contributed by atoms with van der Waals surface area (Å²) < 4.78 is 0. The average molecular weight is 216 g/mol. The molecule has 1 rings (SSSR count). The topological polar surface area (TPSA) is 12.9 Å². The Morgan fingerprint density at radius 3 is 2.82 bits per heavy atom. The normalized spacial score (nSPS) is 8.82. The molecular formula is C9H14BrN. The number of halogens is 1. The molecule has 2 heteroatoms. The van der Waals surface area contributed by atoms with Crippen molar-refractivity contribution in [1.29, 1.82) is 0 Å². The van der Waals surface area contributed by atoms with Gasteiger partial charge < -0.3 is 0 Å². The molecule has 0 radical (unpaired) electrons. The number of hydrogen-bond acceptors (Lipinski definition) is 1. The third-order valence-electron chi connectivity index (χ3n) is 1.54. The standard InChI is InChI=1S/C9H13N.BrH/c1-2-3-5-9-6-4-7-10-8-9;/h4,6-8H,2-3,5H2,1H3;1H. The number of nitrogens with zero attached hydrogens (tertiary/aromatic N) is 1. The van der Waals surface area contributed by atoms with E-state index in [1.165, 1.54) is 24.8 Å². The van der Waals surface area contributed by atoms with Gasteiger partial charge >= 0.3 is 0 Å². The lowest BCUT2D eigenvalue weighted by atomic mass is 10.1. The molecular weight excluding hydrogens is 202 g/mol. The Morgan fingerprint density at radius 1 is 1.45 bits per heavy atom. The monoisotopic (exact) mass is 215 g/mol. The molecule has 1 nitrogen and oxygen atoms in total. The molecule has 0 spiro atoms. The van der Waals surface area contributed by atoms with Gasteiger partial charge in [0.2, 0.25) is 0 Å². The van der Waals surface area contributed by atoms with Crippen LogP contribution in [0.15, 0.2) is 24.5 Å². The van der Waals surface area contributed by atoms with Crippen LogP contribution >= 0.6 is 17.0 Å². The van der Waals surface area contributed by atoms with Gasteiger partial charge in [-0.15, -0.1) is 17.0 Å². The smallest absolute Gasteiger partial charge is 0.0299 e. The third-order valence-corrected chi connectivity index (χ3v) is 1.54. The highest BCUT2D eigenvalue weighted by Gasteiger charge is 1.88. The molecule has 62 valence electrons. The van der Waals surface area contributed by atoms with Crippen molar-refractivity contribution in [1.82, 2.24) is 4.98 Å². The molecule has 1 heterocycles. The van der Waals surface area contributed by atoms with Crippen LogP contribution in [0, 0.1) is 0 Å². The van der Waals surface area contributed by atoms with Gasteiger partial charge in [0, 0.05) is 12.4 Å². The Labute approximate surface area is 78.6 Å². The lowest BCUT2D eigenvalue weighted by Crippen LogP contribution is -1.83. The van der Waals surface area contributed by atoms with Gasteiger partial charge in [-0.25, -0.2) is 0 Å². The SMILES string of the molecule is Br.CCCCc1cccnc1. The molecule has 1 aromatic rings. The number of rotatable bonds is 3. The summed E-state index contributed by atoms with van der Waals surface area (Å²) in [5, 5.41) is 0. The van der Waals surface area contributed by atoms with Crippen LogP contribution in [0.25, 0.3) is 0 Å². The number of unbranched alkanes of at least 4 members (excludes halogenated alkanes) is 1. The molecule has 0 fully saturated rings. The van der Waals surface area contributed by atoms with E-state index in [0.717, 1.165) is 0 Å². The zero-order valence-electron chi connectivity index (χ0n) is 6.79. The van der Waals surface area contributed by atoms with Crippen LogP contribution in [0.4, 0.5) is 0 Å². The zero-order valence-corrected chi connectivity index (χ0v) is 8.50. The molecule has 0 bridgehead atoms. The summed E-state index contributed by atoms with van der Waals surface area (Å²) in [5.41, 5.74) is 1.35. The highest BCUT2D eigenvalue weighted by atomic mass is 79.9. The Morgan fingerprint density at radius 2 is 2.27 bits per heavy atom. The summed E-state index contributed by atoms with van der Waals surface area (Å²) in [7, 11) is 0. The second-order valence-electron chi connectivity index (χ2n) is 2.46. The number of aryl methyl sites for hydroxylation is 1. The number of hydrogen-bond donors (Lipinski definition) is 0. The van der Waals surface area contributed by atoms with E-state index >= 15 is 0 Å². The highest BCUT2D eigenvalue weighted by molar-refractivity contribution is 8.93. The minimum atomic E-state index is 0. The maximum Gasteiger partial charge on any atom is 0.0299 e. The first-order chi connectivity index (χ1) is 4.93. The first-order valence-corrected chi connectivity index (χ1v) is 3.82. The van der Waals surface area contributed by atoms with Gasteiger partial charge in [-0.05, 0) is 24.5 Å². The molecule has 0 aliphatic rings. The molecule has 0 amide bonds. The van der Waals surface area contributed by atoms with Gasteiger partial charge in [0.15, 0.2) is 0 Å². The van der Waals surface area contributed by atoms with Crippen LogP contribution in [-0.4, -0.2) is 4.98 Å². The van der Waals surface area contributed by atoms with Crippen LogP contribution in [0.3, 0.4) is 0 Å². The third kappa shape index (κ3) is 4.14. The van der Waals surface area contributed by atoms with E-state index in [0.29, 0.717) is 0 Å². The fourth-order valence-corrected chi connectivity index (χ4v) is 0.927. The van der Waals surface area contributed by atoms with Gasteiger partial charge in [-0.3, -0.25) is 4.98 Å². The highest BCUT2D eigenvalue weighted by Crippen LogP contribution is 2.01. The molecule has 0 aliphatic heterocycles. The minimum Gasteiger partial charge on any atom is -0.264 e. The largest absolute Gasteiger partial charge is 0.264 e. The molecule has 0 unspecified atom stereocenters. The predicted molar refractivity (Wildman–Crippen MR) is 53.2 cm³/mol. The van der Waals surface area contributed by atoms with Crippen molar-refractivity contribution in [2.75, 3.05) is 0 Å². The van der Waals surface area contributed by atoms with Crippen molar-refractivity contribution < 1.29 is 0 Å². The van der Waals surface area contributed by atoms with Crippen molar-refractivity contribution in [3.8, 4) is 0 Å². The molecule has 0 saturated heterocycles. The lowest BCUT2D eigenvalue weighted by Gasteiger charge is -1.95. The fraction of sp³-hybridized carbons (Fsp3) is 0.444. The summed E-state index contributed by atoms with van der Waals surface area (Å²) >= 11 is 0. The van der Waals surface area contributed by atoms with Crippen LogP contribution in [0.1, 0.15) is 25.3 Å². The molecule has 0 aliphatic carbocycles. The maximum atomic E-state index is 4.04. The summed E-state index contributed by atoms with van der Waals surface area (Å²) in [5.74, 6) is 0. The van der Waals surface area contributed by atoms with E-state index in [2.05, 4.69) is 18.0 Å². The Balaban J connectivity index is 0.000001000. The van der Waals surface area contributed by atoms with E-state index in [-0.39, 0.29) is 17.0 Å². The van der Waals surface area contributed by atoms with E-state index in [1.54, 1.807) is 0 Å². The molecule has 0 aromatic carbocycles. The second kappa shape index (κ2) is 6.35. The van der Waals surface area contributed by atoms with Gasteiger partial charge in [0.1, 0.15) is 0 Å². The average Bonchev–Trinajstić information content (AvgIpc) is 2.03. The van der Waals surface area contributed by atoms with Crippen molar-refractivity contribution >= 4 is 17.0 Å². The quantitative estimate of drug-likeness (QED) is 0.756. The Kier molecular flexibility index (Phi) is 6.13. The minimum absolute atomic E-state index is 0. The second-order valence-corrected chi connectivity index (χ2v) is 2.46. The number of aromatic nitrogens is 1. The fourth-order valence-electron chi connectivity index (χ4n) is 0.927. The Hall–Kier alpha value is -0.370. The Bertz CT molecular complexity index is 174. The summed E-state index contributed by atoms with van der Waals surface area (Å²) in [4.78, 5) is 4.04. The zero-order chi connectivity index (χ0) is 7.23. The van der Waals surface area contributed by atoms with Crippen molar-refractivity contribution in [3.63, 3.8) is 0 Å². The van der Waals surface area contributed by atoms with Gasteiger partial charge in [-0.1, -0.05) is 19.4 Å². The van der Waals surface area contributed by atoms with Crippen LogP contribution in [0.2, 0.25) is 0 Å².